The van der Waals surface area contributed by atoms with Crippen molar-refractivity contribution < 1.29 is 9.90 Å². The van der Waals surface area contributed by atoms with Crippen molar-refractivity contribution >= 4 is 5.91 Å². The highest BCUT2D eigenvalue weighted by Crippen LogP contribution is 2.36. The van der Waals surface area contributed by atoms with E-state index in [0.717, 1.165) is 51.6 Å². The fourth-order valence-electron chi connectivity index (χ4n) is 4.41. The Labute approximate surface area is 180 Å². The molecule has 3 atom stereocenters. The second-order valence-corrected chi connectivity index (χ2v) is 9.21. The standard InChI is InChI=1S/C25H48N2O2/c1-4-5-6-7-8-11-15-22-18-19-24(28)23(22)16-12-9-10-13-17-25(29)26-20-14-21-27(2)3/h11,15,22-24,28H,4-10,12-14,16-21H2,1-3H3,(H,26,29)/t22-,23+,24+/m0/s1. The third-order valence-corrected chi connectivity index (χ3v) is 6.24. The van der Waals surface area contributed by atoms with E-state index in [1.54, 1.807) is 0 Å². The van der Waals surface area contributed by atoms with E-state index in [1.807, 2.05) is 0 Å². The van der Waals surface area contributed by atoms with Gasteiger partial charge in [-0.2, -0.15) is 0 Å². The van der Waals surface area contributed by atoms with Crippen LogP contribution in [0.4, 0.5) is 0 Å². The van der Waals surface area contributed by atoms with Crippen LogP contribution in [0.5, 0.6) is 0 Å². The van der Waals surface area contributed by atoms with E-state index in [9.17, 15) is 9.90 Å². The fraction of sp³-hybridized carbons (Fsp3) is 0.880. The molecule has 1 rings (SSSR count). The summed E-state index contributed by atoms with van der Waals surface area (Å²) in [5.74, 6) is 1.21. The fourth-order valence-corrected chi connectivity index (χ4v) is 4.41. The Kier molecular flexibility index (Phi) is 15.2. The predicted octanol–water partition coefficient (Wildman–Crippen LogP) is 5.31. The van der Waals surface area contributed by atoms with Crippen molar-refractivity contribution in [3.05, 3.63) is 12.2 Å². The average Bonchev–Trinajstić information content (AvgIpc) is 3.04. The van der Waals surface area contributed by atoms with Gasteiger partial charge in [-0.3, -0.25) is 4.79 Å². The van der Waals surface area contributed by atoms with E-state index in [0.29, 0.717) is 18.3 Å². The summed E-state index contributed by atoms with van der Waals surface area (Å²) in [7, 11) is 4.11. The first kappa shape index (κ1) is 26.2. The number of hydrogen-bond acceptors (Lipinski definition) is 3. The molecule has 1 saturated carbocycles. The number of rotatable bonds is 17. The molecule has 0 radical (unpaired) electrons. The zero-order valence-corrected chi connectivity index (χ0v) is 19.5. The van der Waals surface area contributed by atoms with Gasteiger partial charge in [0.2, 0.25) is 5.91 Å². The number of amides is 1. The first-order valence-electron chi connectivity index (χ1n) is 12.3. The van der Waals surface area contributed by atoms with Crippen LogP contribution in [0.25, 0.3) is 0 Å². The second-order valence-electron chi connectivity index (χ2n) is 9.21. The van der Waals surface area contributed by atoms with Crippen molar-refractivity contribution in [2.45, 2.75) is 103 Å². The Morgan fingerprint density at radius 1 is 1.03 bits per heavy atom. The third kappa shape index (κ3) is 13.1. The van der Waals surface area contributed by atoms with E-state index in [1.165, 1.54) is 44.9 Å². The summed E-state index contributed by atoms with van der Waals surface area (Å²) in [4.78, 5) is 14.0. The lowest BCUT2D eigenvalue weighted by Crippen LogP contribution is -2.26. The normalized spacial score (nSPS) is 22.0. The van der Waals surface area contributed by atoms with Gasteiger partial charge in [0.05, 0.1) is 6.10 Å². The number of unbranched alkanes of at least 4 members (excludes halogenated alkanes) is 7. The predicted molar refractivity (Wildman–Crippen MR) is 124 cm³/mol. The molecule has 1 fully saturated rings. The van der Waals surface area contributed by atoms with Gasteiger partial charge in [-0.05, 0) is 77.4 Å². The van der Waals surface area contributed by atoms with E-state index in [4.69, 9.17) is 0 Å². The largest absolute Gasteiger partial charge is 0.393 e. The van der Waals surface area contributed by atoms with Gasteiger partial charge in [-0.15, -0.1) is 0 Å². The van der Waals surface area contributed by atoms with E-state index < -0.39 is 0 Å². The second kappa shape index (κ2) is 16.9. The molecule has 0 bridgehead atoms. The Balaban J connectivity index is 2.08. The summed E-state index contributed by atoms with van der Waals surface area (Å²) in [6.07, 6.45) is 20.4. The Bertz CT molecular complexity index is 437. The Morgan fingerprint density at radius 3 is 2.55 bits per heavy atom. The van der Waals surface area contributed by atoms with Crippen molar-refractivity contribution in [1.29, 1.82) is 0 Å². The molecule has 1 aliphatic carbocycles. The van der Waals surface area contributed by atoms with Gasteiger partial charge >= 0.3 is 0 Å². The first-order chi connectivity index (χ1) is 14.0. The summed E-state index contributed by atoms with van der Waals surface area (Å²) in [5.41, 5.74) is 0. The van der Waals surface area contributed by atoms with Crippen molar-refractivity contribution in [3.63, 3.8) is 0 Å². The molecule has 170 valence electrons. The van der Waals surface area contributed by atoms with Crippen LogP contribution < -0.4 is 5.32 Å². The van der Waals surface area contributed by atoms with Crippen molar-refractivity contribution in [2.24, 2.45) is 11.8 Å². The van der Waals surface area contributed by atoms with Crippen LogP contribution in [0, 0.1) is 11.8 Å². The Hall–Kier alpha value is -0.870. The molecule has 0 spiro atoms. The maximum Gasteiger partial charge on any atom is 0.219 e. The molecule has 0 aromatic heterocycles. The summed E-state index contributed by atoms with van der Waals surface area (Å²) >= 11 is 0. The molecule has 0 heterocycles. The summed E-state index contributed by atoms with van der Waals surface area (Å²) < 4.78 is 0. The lowest BCUT2D eigenvalue weighted by Gasteiger charge is -2.19. The first-order valence-corrected chi connectivity index (χ1v) is 12.3. The minimum atomic E-state index is -0.113. The molecular weight excluding hydrogens is 360 g/mol. The van der Waals surface area contributed by atoms with Crippen LogP contribution in [-0.2, 0) is 4.79 Å². The van der Waals surface area contributed by atoms with E-state index in [2.05, 4.69) is 43.4 Å². The van der Waals surface area contributed by atoms with Crippen LogP contribution in [0.15, 0.2) is 12.2 Å². The molecule has 4 nitrogen and oxygen atoms in total. The van der Waals surface area contributed by atoms with Gasteiger partial charge in [0.1, 0.15) is 0 Å². The van der Waals surface area contributed by atoms with Crippen molar-refractivity contribution in [2.75, 3.05) is 27.2 Å². The van der Waals surface area contributed by atoms with Gasteiger partial charge in [-0.1, -0.05) is 57.6 Å². The lowest BCUT2D eigenvalue weighted by molar-refractivity contribution is -0.121. The number of carbonyl (C=O) groups is 1. The summed E-state index contributed by atoms with van der Waals surface area (Å²) in [6.45, 7) is 4.05. The molecule has 1 amide bonds. The minimum absolute atomic E-state index is 0.113. The van der Waals surface area contributed by atoms with Gasteiger partial charge in [0, 0.05) is 13.0 Å². The molecule has 0 aromatic rings. The zero-order chi connectivity index (χ0) is 21.3. The summed E-state index contributed by atoms with van der Waals surface area (Å²) in [5, 5.41) is 13.4. The van der Waals surface area contributed by atoms with Crippen LogP contribution in [-0.4, -0.2) is 49.2 Å². The third-order valence-electron chi connectivity index (χ3n) is 6.24. The molecule has 29 heavy (non-hydrogen) atoms. The van der Waals surface area contributed by atoms with Crippen LogP contribution in [0.1, 0.15) is 96.8 Å². The SMILES string of the molecule is CCCCCCC=C[C@H]1CC[C@@H](O)[C@@H]1CCCCCCC(=O)NCCCN(C)C. The van der Waals surface area contributed by atoms with Gasteiger partial charge in [-0.25, -0.2) is 0 Å². The quantitative estimate of drug-likeness (QED) is 0.253. The lowest BCUT2D eigenvalue weighted by atomic mass is 9.88. The highest BCUT2D eigenvalue weighted by molar-refractivity contribution is 5.75. The van der Waals surface area contributed by atoms with Gasteiger partial charge in [0.25, 0.3) is 0 Å². The highest BCUT2D eigenvalue weighted by atomic mass is 16.3. The molecule has 0 aromatic carbocycles. The number of carbonyl (C=O) groups excluding carboxylic acids is 1. The van der Waals surface area contributed by atoms with Crippen LogP contribution in [0.3, 0.4) is 0 Å². The zero-order valence-electron chi connectivity index (χ0n) is 19.5. The molecular formula is C25H48N2O2. The maximum absolute atomic E-state index is 11.8. The van der Waals surface area contributed by atoms with Crippen LogP contribution in [0.2, 0.25) is 0 Å². The average molecular weight is 409 g/mol. The summed E-state index contributed by atoms with van der Waals surface area (Å²) in [6, 6.07) is 0. The molecule has 0 aliphatic heterocycles. The number of aliphatic hydroxyl groups excluding tert-OH is 1. The number of nitrogens with one attached hydrogen (secondary N) is 1. The van der Waals surface area contributed by atoms with Crippen LogP contribution >= 0.6 is 0 Å². The molecule has 1 aliphatic rings. The number of hydrogen-bond donors (Lipinski definition) is 2. The van der Waals surface area contributed by atoms with Gasteiger partial charge in [0.15, 0.2) is 0 Å². The molecule has 0 saturated heterocycles. The van der Waals surface area contributed by atoms with E-state index in [-0.39, 0.29) is 12.0 Å². The Morgan fingerprint density at radius 2 is 1.79 bits per heavy atom. The minimum Gasteiger partial charge on any atom is -0.393 e. The smallest absolute Gasteiger partial charge is 0.219 e. The van der Waals surface area contributed by atoms with Gasteiger partial charge < -0.3 is 15.3 Å². The van der Waals surface area contributed by atoms with Crippen molar-refractivity contribution in [3.8, 4) is 0 Å². The number of allylic oxidation sites excluding steroid dienone is 2. The maximum atomic E-state index is 11.8. The van der Waals surface area contributed by atoms with Crippen molar-refractivity contribution in [1.82, 2.24) is 10.2 Å². The molecule has 4 heteroatoms. The monoisotopic (exact) mass is 408 g/mol. The molecule has 2 N–H and O–H groups in total. The topological polar surface area (TPSA) is 52.6 Å². The number of nitrogens with zero attached hydrogens (tertiary/aromatic N) is 1. The van der Waals surface area contributed by atoms with E-state index >= 15 is 0 Å². The molecule has 0 unspecified atom stereocenters. The highest BCUT2D eigenvalue weighted by Gasteiger charge is 2.32. The number of aliphatic hydroxyl groups is 1.